The molecule has 34 heavy (non-hydrogen) atoms. The number of fused-ring (bicyclic) bond motifs is 11. The number of aromatic nitrogens is 1. The molecule has 2 heterocycles. The van der Waals surface area contributed by atoms with E-state index in [2.05, 4.69) is 120 Å². The summed E-state index contributed by atoms with van der Waals surface area (Å²) in [5.41, 5.74) is 3.69. The molecule has 8 aromatic rings. The summed E-state index contributed by atoms with van der Waals surface area (Å²) >= 11 is 1.88. The SMILES string of the molecule is c1ccc(-n2c3ccccc3c3c4ccc5c(ccc6sc7ccccc7c65)c4ccc32)cc1. The van der Waals surface area contributed by atoms with Gasteiger partial charge in [-0.15, -0.1) is 11.3 Å². The van der Waals surface area contributed by atoms with Gasteiger partial charge in [0.05, 0.1) is 11.0 Å². The molecule has 0 fully saturated rings. The minimum absolute atomic E-state index is 1.19. The third-order valence-electron chi connectivity index (χ3n) is 7.18. The number of thiophene rings is 1. The fraction of sp³-hybridized carbons (Fsp3) is 0. The van der Waals surface area contributed by atoms with Crippen LogP contribution in [0.25, 0.3) is 69.2 Å². The van der Waals surface area contributed by atoms with Gasteiger partial charge >= 0.3 is 0 Å². The van der Waals surface area contributed by atoms with Crippen LogP contribution in [0.4, 0.5) is 0 Å². The molecule has 2 heteroatoms. The molecule has 0 spiro atoms. The highest BCUT2D eigenvalue weighted by molar-refractivity contribution is 7.26. The van der Waals surface area contributed by atoms with Gasteiger partial charge in [0.1, 0.15) is 0 Å². The molecule has 0 saturated heterocycles. The average molecular weight is 450 g/mol. The van der Waals surface area contributed by atoms with Crippen molar-refractivity contribution in [1.29, 1.82) is 0 Å². The molecule has 0 aliphatic heterocycles. The number of hydrogen-bond donors (Lipinski definition) is 0. The van der Waals surface area contributed by atoms with Crippen LogP contribution in [0.1, 0.15) is 0 Å². The molecule has 0 unspecified atom stereocenters. The molecule has 6 aromatic carbocycles. The lowest BCUT2D eigenvalue weighted by atomic mass is 9.96. The molecule has 0 radical (unpaired) electrons. The van der Waals surface area contributed by atoms with E-state index in [1.807, 2.05) is 11.3 Å². The van der Waals surface area contributed by atoms with Crippen molar-refractivity contribution in [3.8, 4) is 5.69 Å². The Labute approximate surface area is 200 Å². The van der Waals surface area contributed by atoms with Gasteiger partial charge in [0, 0.05) is 36.6 Å². The lowest BCUT2D eigenvalue weighted by Gasteiger charge is -2.10. The summed E-state index contributed by atoms with van der Waals surface area (Å²) in [4.78, 5) is 0. The molecule has 0 amide bonds. The highest BCUT2D eigenvalue weighted by Crippen LogP contribution is 2.43. The molecule has 0 N–H and O–H groups in total. The maximum Gasteiger partial charge on any atom is 0.0547 e. The molecule has 2 aromatic heterocycles. The van der Waals surface area contributed by atoms with E-state index in [0.717, 1.165) is 0 Å². The van der Waals surface area contributed by atoms with Crippen LogP contribution in [0.15, 0.2) is 115 Å². The Hall–Kier alpha value is -4.14. The minimum Gasteiger partial charge on any atom is -0.309 e. The summed E-state index contributed by atoms with van der Waals surface area (Å²) in [5, 5.41) is 10.7. The van der Waals surface area contributed by atoms with Gasteiger partial charge in [-0.1, -0.05) is 78.9 Å². The van der Waals surface area contributed by atoms with Crippen molar-refractivity contribution in [3.05, 3.63) is 115 Å². The second-order valence-electron chi connectivity index (χ2n) is 8.94. The van der Waals surface area contributed by atoms with Crippen molar-refractivity contribution in [2.75, 3.05) is 0 Å². The zero-order chi connectivity index (χ0) is 22.2. The molecule has 0 bridgehead atoms. The smallest absolute Gasteiger partial charge is 0.0547 e. The molecule has 0 aliphatic rings. The van der Waals surface area contributed by atoms with E-state index in [1.165, 1.54) is 69.2 Å². The summed E-state index contributed by atoms with van der Waals surface area (Å²) in [6.07, 6.45) is 0. The fourth-order valence-corrected chi connectivity index (χ4v) is 6.89. The maximum atomic E-state index is 2.39. The second-order valence-corrected chi connectivity index (χ2v) is 10.0. The summed E-state index contributed by atoms with van der Waals surface area (Å²) in [6, 6.07) is 42.2. The molecule has 1 nitrogen and oxygen atoms in total. The van der Waals surface area contributed by atoms with Crippen LogP contribution in [-0.2, 0) is 0 Å². The second kappa shape index (κ2) is 6.69. The van der Waals surface area contributed by atoms with Gasteiger partial charge in [0.2, 0.25) is 0 Å². The Morgan fingerprint density at radius 1 is 0.382 bits per heavy atom. The number of rotatable bonds is 1. The van der Waals surface area contributed by atoms with Gasteiger partial charge < -0.3 is 4.57 Å². The zero-order valence-corrected chi connectivity index (χ0v) is 19.1. The predicted octanol–water partition coefficient (Wildman–Crippen LogP) is 9.46. The standard InChI is InChI=1S/C32H19NS/c1-2-8-20(9-3-1)33-27-12-6-4-10-25(27)31-23-14-15-24-22(21(23)16-18-28(31)33)17-19-30-32(24)26-11-5-7-13-29(26)34-30/h1-19H. The van der Waals surface area contributed by atoms with Crippen LogP contribution < -0.4 is 0 Å². The predicted molar refractivity (Wildman–Crippen MR) is 149 cm³/mol. The number of hydrogen-bond acceptors (Lipinski definition) is 1. The van der Waals surface area contributed by atoms with Crippen LogP contribution in [0.2, 0.25) is 0 Å². The number of nitrogens with zero attached hydrogens (tertiary/aromatic N) is 1. The highest BCUT2D eigenvalue weighted by atomic mass is 32.1. The van der Waals surface area contributed by atoms with Gasteiger partial charge in [-0.25, -0.2) is 0 Å². The minimum atomic E-state index is 1.19. The average Bonchev–Trinajstić information content (AvgIpc) is 3.45. The van der Waals surface area contributed by atoms with Crippen LogP contribution >= 0.6 is 11.3 Å². The first kappa shape index (κ1) is 18.3. The Balaban J connectivity index is 1.56. The summed E-state index contributed by atoms with van der Waals surface area (Å²) in [6.45, 7) is 0. The van der Waals surface area contributed by atoms with E-state index in [4.69, 9.17) is 0 Å². The largest absolute Gasteiger partial charge is 0.309 e. The van der Waals surface area contributed by atoms with Gasteiger partial charge in [-0.2, -0.15) is 0 Å². The lowest BCUT2D eigenvalue weighted by Crippen LogP contribution is -1.92. The third-order valence-corrected chi connectivity index (χ3v) is 8.32. The lowest BCUT2D eigenvalue weighted by molar-refractivity contribution is 1.18. The monoisotopic (exact) mass is 449 g/mol. The summed E-state index contributed by atoms with van der Waals surface area (Å²) in [5.74, 6) is 0. The van der Waals surface area contributed by atoms with Crippen molar-refractivity contribution in [2.24, 2.45) is 0 Å². The Bertz CT molecular complexity index is 2060. The number of benzene rings is 6. The maximum absolute atomic E-state index is 2.39. The van der Waals surface area contributed by atoms with E-state index in [0.29, 0.717) is 0 Å². The molecular formula is C32H19NS. The Morgan fingerprint density at radius 2 is 1.03 bits per heavy atom. The van der Waals surface area contributed by atoms with Crippen LogP contribution in [0.3, 0.4) is 0 Å². The van der Waals surface area contributed by atoms with Gasteiger partial charge in [-0.05, 0) is 57.9 Å². The van der Waals surface area contributed by atoms with Crippen LogP contribution in [0, 0.1) is 0 Å². The van der Waals surface area contributed by atoms with Crippen LogP contribution in [-0.4, -0.2) is 4.57 Å². The molecule has 0 atom stereocenters. The van der Waals surface area contributed by atoms with E-state index in [-0.39, 0.29) is 0 Å². The van der Waals surface area contributed by atoms with E-state index in [1.54, 1.807) is 0 Å². The molecular weight excluding hydrogens is 430 g/mol. The molecule has 158 valence electrons. The zero-order valence-electron chi connectivity index (χ0n) is 18.3. The van der Waals surface area contributed by atoms with Crippen LogP contribution in [0.5, 0.6) is 0 Å². The molecule has 0 aliphatic carbocycles. The Morgan fingerprint density at radius 3 is 1.88 bits per heavy atom. The summed E-state index contributed by atoms with van der Waals surface area (Å²) < 4.78 is 5.10. The number of para-hydroxylation sites is 2. The fourth-order valence-electron chi connectivity index (χ4n) is 5.77. The first-order chi connectivity index (χ1) is 16.9. The molecule has 8 rings (SSSR count). The van der Waals surface area contributed by atoms with Crippen molar-refractivity contribution in [2.45, 2.75) is 0 Å². The van der Waals surface area contributed by atoms with E-state index < -0.39 is 0 Å². The van der Waals surface area contributed by atoms with Crippen molar-refractivity contribution in [3.63, 3.8) is 0 Å². The van der Waals surface area contributed by atoms with Crippen molar-refractivity contribution in [1.82, 2.24) is 4.57 Å². The molecule has 0 saturated carbocycles. The van der Waals surface area contributed by atoms with Gasteiger partial charge in [0.15, 0.2) is 0 Å². The first-order valence-corrected chi connectivity index (χ1v) is 12.4. The highest BCUT2D eigenvalue weighted by Gasteiger charge is 2.16. The van der Waals surface area contributed by atoms with Crippen molar-refractivity contribution >= 4 is 74.9 Å². The van der Waals surface area contributed by atoms with Crippen molar-refractivity contribution < 1.29 is 0 Å². The quantitative estimate of drug-likeness (QED) is 0.220. The third kappa shape index (κ3) is 2.33. The Kier molecular flexibility index (Phi) is 3.60. The first-order valence-electron chi connectivity index (χ1n) is 11.6. The van der Waals surface area contributed by atoms with E-state index >= 15 is 0 Å². The summed E-state index contributed by atoms with van der Waals surface area (Å²) in [7, 11) is 0. The van der Waals surface area contributed by atoms with Gasteiger partial charge in [-0.3, -0.25) is 0 Å². The normalized spacial score (nSPS) is 12.1. The van der Waals surface area contributed by atoms with Gasteiger partial charge in [0.25, 0.3) is 0 Å². The van der Waals surface area contributed by atoms with E-state index in [9.17, 15) is 0 Å². The topological polar surface area (TPSA) is 4.93 Å².